The van der Waals surface area contributed by atoms with E-state index >= 15 is 4.39 Å². The molecule has 1 heterocycles. The minimum atomic E-state index is -1.90. The minimum Gasteiger partial charge on any atom is -0.494 e. The lowest BCUT2D eigenvalue weighted by molar-refractivity contribution is -0.123. The number of hydrogen-bond donors (Lipinski definition) is 2. The molecule has 13 nitrogen and oxygen atoms in total. The molecule has 0 fully saturated rings. The number of nitrogens with one attached hydrogen (secondary N) is 2. The summed E-state index contributed by atoms with van der Waals surface area (Å²) in [5.74, 6) is -2.31. The van der Waals surface area contributed by atoms with Crippen LogP contribution in [0.1, 0.15) is 58.9 Å². The average molecular weight is 748 g/mol. The van der Waals surface area contributed by atoms with Crippen LogP contribution >= 0.6 is 0 Å². The number of benzene rings is 1. The van der Waals surface area contributed by atoms with Gasteiger partial charge in [0.2, 0.25) is 11.8 Å². The van der Waals surface area contributed by atoms with Crippen LogP contribution in [0.4, 0.5) is 28.4 Å². The predicted molar refractivity (Wildman–Crippen MR) is 192 cm³/mol. The van der Waals surface area contributed by atoms with E-state index in [0.29, 0.717) is 0 Å². The van der Waals surface area contributed by atoms with Crippen molar-refractivity contribution in [2.75, 3.05) is 26.5 Å². The predicted octanol–water partition coefficient (Wildman–Crippen LogP) is 6.16. The quantitative estimate of drug-likeness (QED) is 0.111. The molecular weight excluding hydrogens is 699 g/mol. The number of alkyl carbamates (subject to hydrolysis) is 1. The summed E-state index contributed by atoms with van der Waals surface area (Å²) in [4.78, 5) is 66.1. The van der Waals surface area contributed by atoms with Crippen LogP contribution in [0.15, 0.2) is 77.6 Å². The number of anilines is 1. The maximum atomic E-state index is 15.2. The maximum absolute atomic E-state index is 15.2. The molecule has 0 radical (unpaired) electrons. The largest absolute Gasteiger partial charge is 0.494 e. The van der Waals surface area contributed by atoms with Gasteiger partial charge in [-0.25, -0.2) is 27.7 Å². The number of carbonyl (C=O) groups is 4. The molecule has 16 heteroatoms. The van der Waals surface area contributed by atoms with Gasteiger partial charge in [-0.05, 0) is 77.3 Å². The number of hydrogen-bond acceptors (Lipinski definition) is 8. The Bertz CT molecular complexity index is 1730. The standard InChI is InChI=1S/C37H48F3N5O8/c1-24(52-23-26-18-19-27(39)21-29(26)40)13-11-14-28(45(25(2)38)36(50)53-37(3,4)5)22-44-20-12-16-31(34(44)48)41-33(47)30(42-35(49)51-8)15-9-10-17-32(46)43(6)7/h10,12,14,16-21,25,30H,1,9,11,13,15,22-23H2,2-8H3,(H,41,47)(H,42,49)/b17-10+,28-14-/t25?,30-/m0/s1. The highest BCUT2D eigenvalue weighted by Crippen LogP contribution is 2.21. The Morgan fingerprint density at radius 1 is 1.09 bits per heavy atom. The molecule has 2 aromatic rings. The van der Waals surface area contributed by atoms with Crippen molar-refractivity contribution in [3.63, 3.8) is 0 Å². The number of ether oxygens (including phenoxy) is 3. The number of rotatable bonds is 17. The summed E-state index contributed by atoms with van der Waals surface area (Å²) < 4.78 is 59.2. The fourth-order valence-corrected chi connectivity index (χ4v) is 4.55. The lowest BCUT2D eigenvalue weighted by Gasteiger charge is -2.30. The van der Waals surface area contributed by atoms with Crippen molar-refractivity contribution >= 4 is 29.7 Å². The van der Waals surface area contributed by atoms with Crippen LogP contribution in [0.2, 0.25) is 0 Å². The third-order valence-corrected chi connectivity index (χ3v) is 7.23. The first-order valence-electron chi connectivity index (χ1n) is 16.6. The summed E-state index contributed by atoms with van der Waals surface area (Å²) in [6.45, 7) is 9.20. The van der Waals surface area contributed by atoms with Gasteiger partial charge in [-0.1, -0.05) is 18.7 Å². The highest BCUT2D eigenvalue weighted by Gasteiger charge is 2.30. The molecule has 4 amide bonds. The van der Waals surface area contributed by atoms with Gasteiger partial charge in [-0.2, -0.15) is 0 Å². The van der Waals surface area contributed by atoms with E-state index < -0.39 is 53.2 Å². The zero-order valence-electron chi connectivity index (χ0n) is 31.0. The van der Waals surface area contributed by atoms with E-state index in [9.17, 15) is 32.8 Å². The van der Waals surface area contributed by atoms with Gasteiger partial charge >= 0.3 is 12.2 Å². The molecule has 0 saturated heterocycles. The number of methoxy groups -OCH3 is 1. The molecule has 53 heavy (non-hydrogen) atoms. The molecule has 2 rings (SSSR count). The van der Waals surface area contributed by atoms with Gasteiger partial charge in [0.25, 0.3) is 5.56 Å². The molecule has 0 saturated carbocycles. The zero-order chi connectivity index (χ0) is 39.9. The summed E-state index contributed by atoms with van der Waals surface area (Å²) in [5.41, 5.74) is -1.75. The highest BCUT2D eigenvalue weighted by molar-refractivity contribution is 5.96. The zero-order valence-corrected chi connectivity index (χ0v) is 31.0. The van der Waals surface area contributed by atoms with E-state index in [-0.39, 0.29) is 67.4 Å². The summed E-state index contributed by atoms with van der Waals surface area (Å²) >= 11 is 0. The Hall–Kier alpha value is -5.54. The topological polar surface area (TPSA) is 149 Å². The monoisotopic (exact) mass is 747 g/mol. The molecule has 1 aromatic heterocycles. The third kappa shape index (κ3) is 14.9. The van der Waals surface area contributed by atoms with Crippen LogP contribution in [-0.4, -0.2) is 77.5 Å². The molecule has 290 valence electrons. The normalized spacial score (nSPS) is 12.8. The molecule has 0 aliphatic carbocycles. The molecule has 0 bridgehead atoms. The fourth-order valence-electron chi connectivity index (χ4n) is 4.55. The lowest BCUT2D eigenvalue weighted by Crippen LogP contribution is -2.44. The Kier molecular flexibility index (Phi) is 16.9. The summed E-state index contributed by atoms with van der Waals surface area (Å²) in [6.07, 6.45) is 2.48. The molecular formula is C37H48F3N5O8. The SMILES string of the molecule is C=C(CC/C=C(/Cn1cccc(NC(=O)[C@H](CC/C=C/C(=O)N(C)C)NC(=O)OC)c1=O)N(C(=O)OC(C)(C)C)C(C)F)OCc1ccc(F)cc1F. The summed E-state index contributed by atoms with van der Waals surface area (Å²) in [6, 6.07) is 4.70. The number of pyridine rings is 1. The van der Waals surface area contributed by atoms with E-state index in [2.05, 4.69) is 21.9 Å². The first-order valence-corrected chi connectivity index (χ1v) is 16.6. The molecule has 0 spiro atoms. The van der Waals surface area contributed by atoms with Gasteiger partial charge in [-0.15, -0.1) is 0 Å². The van der Waals surface area contributed by atoms with E-state index in [1.165, 1.54) is 41.4 Å². The van der Waals surface area contributed by atoms with Crippen LogP contribution in [0.3, 0.4) is 0 Å². The van der Waals surface area contributed by atoms with Crippen molar-refractivity contribution in [2.24, 2.45) is 0 Å². The van der Waals surface area contributed by atoms with Crippen molar-refractivity contribution in [1.82, 2.24) is 19.7 Å². The van der Waals surface area contributed by atoms with Gasteiger partial charge in [0.1, 0.15) is 35.6 Å². The van der Waals surface area contributed by atoms with Gasteiger partial charge in [-0.3, -0.25) is 14.4 Å². The van der Waals surface area contributed by atoms with Gasteiger partial charge in [0.05, 0.1) is 19.4 Å². The number of aromatic nitrogens is 1. The first-order chi connectivity index (χ1) is 24.8. The number of amides is 4. The fraction of sp³-hybridized carbons (Fsp3) is 0.432. The minimum absolute atomic E-state index is 0.0292. The van der Waals surface area contributed by atoms with Crippen LogP contribution in [-0.2, 0) is 37.0 Å². The molecule has 1 unspecified atom stereocenters. The Balaban J connectivity index is 2.35. The maximum Gasteiger partial charge on any atom is 0.416 e. The van der Waals surface area contributed by atoms with Crippen LogP contribution < -0.4 is 16.2 Å². The van der Waals surface area contributed by atoms with E-state index in [4.69, 9.17) is 9.47 Å². The van der Waals surface area contributed by atoms with Crippen LogP contribution in [0.25, 0.3) is 0 Å². The van der Waals surface area contributed by atoms with Gasteiger partial charge in [0.15, 0.2) is 6.30 Å². The Morgan fingerprint density at radius 2 is 1.79 bits per heavy atom. The second kappa shape index (κ2) is 20.5. The number of allylic oxidation sites excluding steroid dienone is 4. The second-order valence-electron chi connectivity index (χ2n) is 13.0. The molecule has 2 N–H and O–H groups in total. The van der Waals surface area contributed by atoms with Crippen molar-refractivity contribution in [1.29, 1.82) is 0 Å². The van der Waals surface area contributed by atoms with Crippen LogP contribution in [0.5, 0.6) is 0 Å². The molecule has 1 aromatic carbocycles. The highest BCUT2D eigenvalue weighted by atomic mass is 19.1. The third-order valence-electron chi connectivity index (χ3n) is 7.23. The van der Waals surface area contributed by atoms with E-state index in [0.717, 1.165) is 35.6 Å². The van der Waals surface area contributed by atoms with Crippen molar-refractivity contribution < 1.29 is 46.6 Å². The number of alkyl halides is 1. The number of carbonyl (C=O) groups excluding carboxylic acids is 4. The number of likely N-dealkylation sites (N-methyl/N-ethyl adjacent to an activating group) is 1. The Labute approximate surface area is 307 Å². The number of nitrogens with zero attached hydrogens (tertiary/aromatic N) is 3. The number of halogens is 3. The summed E-state index contributed by atoms with van der Waals surface area (Å²) in [5, 5.41) is 4.91. The average Bonchev–Trinajstić information content (AvgIpc) is 3.06. The van der Waals surface area contributed by atoms with Gasteiger partial charge in [0, 0.05) is 44.0 Å². The molecule has 0 aliphatic heterocycles. The van der Waals surface area contributed by atoms with Crippen LogP contribution in [0, 0.1) is 11.6 Å². The van der Waals surface area contributed by atoms with E-state index in [1.807, 2.05) is 0 Å². The molecule has 0 aliphatic rings. The van der Waals surface area contributed by atoms with Crippen molar-refractivity contribution in [2.45, 2.75) is 84.5 Å². The second-order valence-corrected chi connectivity index (χ2v) is 13.0. The lowest BCUT2D eigenvalue weighted by atomic mass is 10.1. The smallest absolute Gasteiger partial charge is 0.416 e. The van der Waals surface area contributed by atoms with Crippen molar-refractivity contribution in [3.8, 4) is 0 Å². The Morgan fingerprint density at radius 3 is 2.40 bits per heavy atom. The first kappa shape index (κ1) is 43.6. The van der Waals surface area contributed by atoms with Gasteiger partial charge < -0.3 is 34.3 Å². The van der Waals surface area contributed by atoms with E-state index in [1.54, 1.807) is 40.9 Å². The molecule has 2 atom stereocenters. The summed E-state index contributed by atoms with van der Waals surface area (Å²) in [7, 11) is 4.28. The van der Waals surface area contributed by atoms with Crippen molar-refractivity contribution in [3.05, 3.63) is 100 Å².